The summed E-state index contributed by atoms with van der Waals surface area (Å²) in [6, 6.07) is 0. The first-order chi connectivity index (χ1) is 8.84. The van der Waals surface area contributed by atoms with Crippen molar-refractivity contribution < 1.29 is 5.48 Å². The predicted octanol–water partition coefficient (Wildman–Crippen LogP) is 1.76. The van der Waals surface area contributed by atoms with Gasteiger partial charge in [0.25, 0.3) is 0 Å². The smallest absolute Gasteiger partial charge is 0.156 e. The van der Waals surface area contributed by atoms with Crippen molar-refractivity contribution in [3.05, 3.63) is 29.8 Å². The molecule has 0 radical (unpaired) electrons. The van der Waals surface area contributed by atoms with Crippen LogP contribution in [0.15, 0.2) is 18.6 Å². The summed E-state index contributed by atoms with van der Waals surface area (Å²) >= 11 is 0. The van der Waals surface area contributed by atoms with Gasteiger partial charge in [0.1, 0.15) is 5.52 Å². The summed E-state index contributed by atoms with van der Waals surface area (Å²) in [5.41, 5.74) is 11.3. The summed E-state index contributed by atoms with van der Waals surface area (Å²) in [5, 5.41) is 0. The van der Waals surface area contributed by atoms with Gasteiger partial charge in [-0.15, -0.1) is 24.8 Å². The van der Waals surface area contributed by atoms with Gasteiger partial charge in [0.05, 0.1) is 11.7 Å². The van der Waals surface area contributed by atoms with Crippen molar-refractivity contribution in [3.63, 3.8) is 0 Å². The molecule has 0 atom stereocenters. The van der Waals surface area contributed by atoms with Crippen LogP contribution in [0.1, 0.15) is 24.1 Å². The highest BCUT2D eigenvalue weighted by atomic mass is 35.5. The highest BCUT2D eigenvalue weighted by molar-refractivity contribution is 5.91. The Bertz CT molecular complexity index is 774. The molecule has 3 aromatic rings. The molecule has 4 rings (SSSR count). The summed E-state index contributed by atoms with van der Waals surface area (Å²) in [4.78, 5) is 13.2. The number of imidazole rings is 1. The van der Waals surface area contributed by atoms with Gasteiger partial charge in [0, 0.05) is 23.7 Å². The molecular formula is C13H17Cl2N5O. The first-order valence-electron chi connectivity index (χ1n) is 6.23. The zero-order valence-electron chi connectivity index (χ0n) is 11.2. The highest BCUT2D eigenvalue weighted by Crippen LogP contribution is 2.30. The molecule has 3 heterocycles. The van der Waals surface area contributed by atoms with E-state index in [0.717, 1.165) is 35.2 Å². The van der Waals surface area contributed by atoms with Crippen molar-refractivity contribution in [3.8, 4) is 0 Å². The van der Waals surface area contributed by atoms with Crippen LogP contribution in [0.5, 0.6) is 0 Å². The van der Waals surface area contributed by atoms with Gasteiger partial charge in [0.2, 0.25) is 0 Å². The molecule has 21 heavy (non-hydrogen) atoms. The van der Waals surface area contributed by atoms with E-state index in [1.807, 2.05) is 6.20 Å². The van der Waals surface area contributed by atoms with E-state index in [0.29, 0.717) is 5.82 Å². The first-order valence-corrected chi connectivity index (χ1v) is 6.23. The maximum absolute atomic E-state index is 6.04. The fourth-order valence-electron chi connectivity index (χ4n) is 2.84. The Morgan fingerprint density at radius 3 is 2.67 bits per heavy atom. The fourth-order valence-corrected chi connectivity index (χ4v) is 2.84. The Morgan fingerprint density at radius 2 is 1.86 bits per heavy atom. The number of hydrogen-bond acceptors (Lipinski definition) is 4. The lowest BCUT2D eigenvalue weighted by molar-refractivity contribution is 0.672. The Kier molecular flexibility index (Phi) is 5.33. The summed E-state index contributed by atoms with van der Waals surface area (Å²) in [7, 11) is 0. The van der Waals surface area contributed by atoms with Gasteiger partial charge in [-0.1, -0.05) is 0 Å². The van der Waals surface area contributed by atoms with Crippen molar-refractivity contribution in [1.82, 2.24) is 19.4 Å². The first kappa shape index (κ1) is 17.4. The largest absolute Gasteiger partial charge is 0.412 e. The van der Waals surface area contributed by atoms with Crippen LogP contribution in [0.3, 0.4) is 0 Å². The molecule has 8 heteroatoms. The zero-order chi connectivity index (χ0) is 12.1. The van der Waals surface area contributed by atoms with E-state index in [-0.39, 0.29) is 30.3 Å². The van der Waals surface area contributed by atoms with Crippen LogP contribution < -0.4 is 5.73 Å². The molecule has 4 N–H and O–H groups in total. The number of anilines is 1. The van der Waals surface area contributed by atoms with Crippen LogP contribution in [0.4, 0.5) is 5.82 Å². The van der Waals surface area contributed by atoms with E-state index in [1.165, 1.54) is 18.4 Å². The molecule has 0 saturated carbocycles. The van der Waals surface area contributed by atoms with Gasteiger partial charge < -0.3 is 11.2 Å². The Hall–Kier alpha value is -1.63. The van der Waals surface area contributed by atoms with Crippen molar-refractivity contribution in [2.24, 2.45) is 0 Å². The number of nitrogen functional groups attached to an aromatic ring is 1. The number of aryl methyl sites for hydroxylation is 2. The minimum Gasteiger partial charge on any atom is -0.412 e. The topological polar surface area (TPSA) is 101 Å². The Morgan fingerprint density at radius 1 is 1.10 bits per heavy atom. The molecule has 0 bridgehead atoms. The SMILES string of the molecule is Cl.Cl.Nc1nc2c(c3c1nc1cnccn13)CCCC2.O. The predicted molar refractivity (Wildman–Crippen MR) is 87.5 cm³/mol. The Labute approximate surface area is 133 Å². The second kappa shape index (κ2) is 6.43. The lowest BCUT2D eigenvalue weighted by atomic mass is 9.95. The molecule has 0 saturated heterocycles. The number of hydrogen-bond donors (Lipinski definition) is 1. The third-order valence-corrected chi connectivity index (χ3v) is 3.65. The molecular weight excluding hydrogens is 313 g/mol. The maximum atomic E-state index is 6.04. The van der Waals surface area contributed by atoms with Gasteiger partial charge in [0.15, 0.2) is 11.5 Å². The monoisotopic (exact) mass is 329 g/mol. The molecule has 6 nitrogen and oxygen atoms in total. The molecule has 0 unspecified atom stereocenters. The normalized spacial score (nSPS) is 13.0. The molecule has 0 aromatic carbocycles. The standard InChI is InChI=1S/C13H13N5.2ClH.H2O/c14-13-11-12(8-3-1-2-4-9(8)16-13)18-6-5-15-7-10(18)17-11;;;/h5-7H,1-4H2,(H2,14,16);2*1H;1H2. The van der Waals surface area contributed by atoms with E-state index in [9.17, 15) is 0 Å². The van der Waals surface area contributed by atoms with E-state index >= 15 is 0 Å². The molecule has 114 valence electrons. The van der Waals surface area contributed by atoms with Gasteiger partial charge >= 0.3 is 0 Å². The molecule has 0 fully saturated rings. The van der Waals surface area contributed by atoms with Crippen molar-refractivity contribution >= 4 is 47.3 Å². The Balaban J connectivity index is 0.000000735. The van der Waals surface area contributed by atoms with Crippen molar-refractivity contribution in [2.75, 3.05) is 5.73 Å². The van der Waals surface area contributed by atoms with Gasteiger partial charge in [-0.05, 0) is 25.7 Å². The zero-order valence-corrected chi connectivity index (χ0v) is 12.9. The molecule has 1 aliphatic carbocycles. The summed E-state index contributed by atoms with van der Waals surface area (Å²) in [5.74, 6) is 0.536. The number of fused-ring (bicyclic) bond motifs is 5. The maximum Gasteiger partial charge on any atom is 0.156 e. The number of nitrogens with two attached hydrogens (primary N) is 1. The van der Waals surface area contributed by atoms with Crippen LogP contribution in [0.25, 0.3) is 16.7 Å². The highest BCUT2D eigenvalue weighted by Gasteiger charge is 2.19. The summed E-state index contributed by atoms with van der Waals surface area (Å²) < 4.78 is 2.07. The second-order valence-electron chi connectivity index (χ2n) is 4.74. The number of aromatic nitrogens is 4. The van der Waals surface area contributed by atoms with Crippen LogP contribution >= 0.6 is 24.8 Å². The van der Waals surface area contributed by atoms with Gasteiger partial charge in [-0.3, -0.25) is 9.38 Å². The van der Waals surface area contributed by atoms with Crippen molar-refractivity contribution in [1.29, 1.82) is 0 Å². The van der Waals surface area contributed by atoms with E-state index in [4.69, 9.17) is 5.73 Å². The minimum absolute atomic E-state index is 0. The minimum atomic E-state index is 0. The third kappa shape index (κ3) is 2.50. The molecule has 0 spiro atoms. The molecule has 1 aliphatic rings. The average Bonchev–Trinajstić information content (AvgIpc) is 2.79. The summed E-state index contributed by atoms with van der Waals surface area (Å²) in [6.07, 6.45) is 9.98. The number of nitrogens with zero attached hydrogens (tertiary/aromatic N) is 4. The van der Waals surface area contributed by atoms with Crippen LogP contribution in [-0.4, -0.2) is 24.8 Å². The van der Waals surface area contributed by atoms with Gasteiger partial charge in [-0.25, -0.2) is 9.97 Å². The lowest BCUT2D eigenvalue weighted by Crippen LogP contribution is -2.09. The van der Waals surface area contributed by atoms with Crippen LogP contribution in [-0.2, 0) is 12.8 Å². The van der Waals surface area contributed by atoms with Gasteiger partial charge in [-0.2, -0.15) is 0 Å². The number of pyridine rings is 1. The summed E-state index contributed by atoms with van der Waals surface area (Å²) in [6.45, 7) is 0. The lowest BCUT2D eigenvalue weighted by Gasteiger charge is -2.16. The third-order valence-electron chi connectivity index (χ3n) is 3.65. The van der Waals surface area contributed by atoms with E-state index in [2.05, 4.69) is 19.4 Å². The van der Waals surface area contributed by atoms with Crippen LogP contribution in [0.2, 0.25) is 0 Å². The van der Waals surface area contributed by atoms with Crippen molar-refractivity contribution in [2.45, 2.75) is 25.7 Å². The average molecular weight is 330 g/mol. The fraction of sp³-hybridized carbons (Fsp3) is 0.308. The number of halogens is 2. The van der Waals surface area contributed by atoms with E-state index in [1.54, 1.807) is 12.4 Å². The molecule has 0 amide bonds. The quantitative estimate of drug-likeness (QED) is 0.678. The second-order valence-corrected chi connectivity index (χ2v) is 4.74. The van der Waals surface area contributed by atoms with E-state index < -0.39 is 0 Å². The number of rotatable bonds is 0. The van der Waals surface area contributed by atoms with Crippen LogP contribution in [0, 0.1) is 0 Å². The molecule has 0 aliphatic heterocycles. The molecule has 3 aromatic heterocycles.